The summed E-state index contributed by atoms with van der Waals surface area (Å²) in [7, 11) is 0. The van der Waals surface area contributed by atoms with E-state index in [1.165, 1.54) is 11.1 Å². The number of hydrogen-bond acceptors (Lipinski definition) is 4. The molecule has 0 aliphatic carbocycles. The van der Waals surface area contributed by atoms with Crippen LogP contribution >= 0.6 is 0 Å². The number of amides is 2. The summed E-state index contributed by atoms with van der Waals surface area (Å²) in [5, 5.41) is 6.05. The number of para-hydroxylation sites is 1. The van der Waals surface area contributed by atoms with Gasteiger partial charge in [-0.05, 0) is 87.1 Å². The molecule has 0 heterocycles. The van der Waals surface area contributed by atoms with Crippen molar-refractivity contribution in [2.45, 2.75) is 105 Å². The molecule has 0 aromatic heterocycles. The minimum atomic E-state index is -0.768. The summed E-state index contributed by atoms with van der Waals surface area (Å²) >= 11 is 0. The zero-order chi connectivity index (χ0) is 33.7. The Balaban J connectivity index is 1.82. The zero-order valence-corrected chi connectivity index (χ0v) is 28.9. The van der Waals surface area contributed by atoms with Gasteiger partial charge < -0.3 is 15.4 Å². The molecule has 0 bridgehead atoms. The highest BCUT2D eigenvalue weighted by atomic mass is 16.6. The first kappa shape index (κ1) is 36.5. The fourth-order valence-corrected chi connectivity index (χ4v) is 5.53. The molecule has 3 aromatic rings. The number of anilines is 1. The molecule has 6 nitrogen and oxygen atoms in total. The smallest absolute Gasteiger partial charge is 0.309 e. The highest BCUT2D eigenvalue weighted by Gasteiger charge is 2.36. The molecule has 6 heteroatoms. The van der Waals surface area contributed by atoms with Crippen molar-refractivity contribution >= 4 is 23.5 Å². The Bertz CT molecular complexity index is 1370. The van der Waals surface area contributed by atoms with Gasteiger partial charge in [-0.3, -0.25) is 14.4 Å². The number of rotatable bonds is 15. The molecule has 3 atom stereocenters. The second-order valence-electron chi connectivity index (χ2n) is 14.5. The number of carbonyl (C=O) groups excluding carboxylic acids is 3. The van der Waals surface area contributed by atoms with Crippen molar-refractivity contribution in [1.29, 1.82) is 0 Å². The fraction of sp³-hybridized carbons (Fsp3) is 0.475. The van der Waals surface area contributed by atoms with Crippen molar-refractivity contribution in [2.24, 2.45) is 17.3 Å². The molecule has 0 fully saturated rings. The minimum absolute atomic E-state index is 0.214. The predicted molar refractivity (Wildman–Crippen MR) is 187 cm³/mol. The Hall–Kier alpha value is -3.93. The van der Waals surface area contributed by atoms with Gasteiger partial charge in [-0.1, -0.05) is 113 Å². The first-order chi connectivity index (χ1) is 21.7. The number of hydrogen-bond donors (Lipinski definition) is 2. The van der Waals surface area contributed by atoms with Crippen molar-refractivity contribution in [3.63, 3.8) is 0 Å². The van der Waals surface area contributed by atoms with E-state index in [1.54, 1.807) is 0 Å². The van der Waals surface area contributed by atoms with E-state index in [-0.39, 0.29) is 17.8 Å². The maximum atomic E-state index is 14.1. The lowest BCUT2D eigenvalue weighted by Crippen LogP contribution is -2.53. The number of ether oxygens (including phenoxy) is 1. The van der Waals surface area contributed by atoms with Gasteiger partial charge in [0.15, 0.2) is 0 Å². The van der Waals surface area contributed by atoms with Crippen LogP contribution in [0.25, 0.3) is 0 Å². The number of nitrogens with one attached hydrogen (secondary N) is 2. The van der Waals surface area contributed by atoms with Crippen LogP contribution in [0.15, 0.2) is 84.9 Å². The minimum Gasteiger partial charge on any atom is -0.460 e. The number of unbranched alkanes of at least 4 members (excludes halogenated alkanes) is 1. The van der Waals surface area contributed by atoms with Gasteiger partial charge in [0.1, 0.15) is 11.6 Å². The van der Waals surface area contributed by atoms with Crippen molar-refractivity contribution in [2.75, 3.05) is 5.32 Å². The van der Waals surface area contributed by atoms with Crippen LogP contribution in [0.1, 0.15) is 97.3 Å². The summed E-state index contributed by atoms with van der Waals surface area (Å²) in [6.45, 7) is 13.5. The Morgan fingerprint density at radius 1 is 0.696 bits per heavy atom. The van der Waals surface area contributed by atoms with Gasteiger partial charge in [-0.2, -0.15) is 0 Å². The van der Waals surface area contributed by atoms with Crippen LogP contribution in [0.3, 0.4) is 0 Å². The van der Waals surface area contributed by atoms with Crippen molar-refractivity contribution < 1.29 is 19.1 Å². The summed E-state index contributed by atoms with van der Waals surface area (Å²) in [6.07, 6.45) is 4.91. The fourth-order valence-electron chi connectivity index (χ4n) is 5.53. The number of carbonyl (C=O) groups is 3. The Kier molecular flexibility index (Phi) is 13.6. The average molecular weight is 627 g/mol. The van der Waals surface area contributed by atoms with E-state index in [1.807, 2.05) is 77.9 Å². The lowest BCUT2D eigenvalue weighted by Gasteiger charge is -2.32. The molecule has 0 saturated carbocycles. The third-order valence-electron chi connectivity index (χ3n) is 8.10. The zero-order valence-electron chi connectivity index (χ0n) is 28.9. The third kappa shape index (κ3) is 12.5. The van der Waals surface area contributed by atoms with Crippen LogP contribution in [0, 0.1) is 17.3 Å². The maximum Gasteiger partial charge on any atom is 0.309 e. The second kappa shape index (κ2) is 17.1. The average Bonchev–Trinajstić information content (AvgIpc) is 2.99. The third-order valence-corrected chi connectivity index (χ3v) is 8.10. The van der Waals surface area contributed by atoms with Crippen molar-refractivity contribution in [3.05, 3.63) is 102 Å². The molecule has 0 unspecified atom stereocenters. The van der Waals surface area contributed by atoms with Gasteiger partial charge in [0, 0.05) is 11.6 Å². The first-order valence-electron chi connectivity index (χ1n) is 16.8. The molecule has 46 heavy (non-hydrogen) atoms. The summed E-state index contributed by atoms with van der Waals surface area (Å²) in [4.78, 5) is 41.0. The highest BCUT2D eigenvalue weighted by molar-refractivity contribution is 5.98. The molecule has 0 aliphatic rings. The van der Waals surface area contributed by atoms with Gasteiger partial charge >= 0.3 is 5.97 Å². The number of benzene rings is 3. The van der Waals surface area contributed by atoms with E-state index in [0.29, 0.717) is 31.4 Å². The quantitative estimate of drug-likeness (QED) is 0.166. The monoisotopic (exact) mass is 626 g/mol. The van der Waals surface area contributed by atoms with E-state index >= 15 is 0 Å². The Morgan fingerprint density at radius 2 is 1.26 bits per heavy atom. The summed E-state index contributed by atoms with van der Waals surface area (Å²) < 4.78 is 5.81. The van der Waals surface area contributed by atoms with Crippen LogP contribution in [-0.2, 0) is 32.0 Å². The number of esters is 1. The van der Waals surface area contributed by atoms with E-state index < -0.39 is 28.9 Å². The van der Waals surface area contributed by atoms with Crippen LogP contribution in [0.4, 0.5) is 5.69 Å². The van der Waals surface area contributed by atoms with Crippen LogP contribution in [0.5, 0.6) is 0 Å². The van der Waals surface area contributed by atoms with Crippen LogP contribution < -0.4 is 10.6 Å². The molecule has 0 radical (unpaired) electrons. The van der Waals surface area contributed by atoms with Crippen molar-refractivity contribution in [3.8, 4) is 0 Å². The molecular formula is C40H54N2O4. The number of aryl methyl sites for hydroxylation is 1. The van der Waals surface area contributed by atoms with Gasteiger partial charge in [-0.25, -0.2) is 0 Å². The Morgan fingerprint density at radius 3 is 1.83 bits per heavy atom. The summed E-state index contributed by atoms with van der Waals surface area (Å²) in [5.74, 6) is -1.64. The van der Waals surface area contributed by atoms with Crippen LogP contribution in [-0.4, -0.2) is 29.4 Å². The molecule has 0 spiro atoms. The molecule has 3 aromatic carbocycles. The second-order valence-corrected chi connectivity index (χ2v) is 14.5. The first-order valence-corrected chi connectivity index (χ1v) is 16.8. The normalized spacial score (nSPS) is 13.7. The van der Waals surface area contributed by atoms with E-state index in [9.17, 15) is 14.4 Å². The summed E-state index contributed by atoms with van der Waals surface area (Å²) in [6, 6.07) is 27.4. The standard InChI is InChI=1S/C40H54N2O4/c1-8-9-18-33(38(45)46-40(5,6)7)28-32(26-25-29-21-23-31(24-22-29)27-30-16-12-10-13-17-30)36(43)42-35(39(2,3)4)37(44)41-34-19-14-11-15-20-34/h10-17,19-24,32-33,35H,8-9,18,25-28H2,1-7H3,(H,41,44)(H,42,43)/t32-,33+,35-/m1/s1. The maximum absolute atomic E-state index is 14.1. The predicted octanol–water partition coefficient (Wildman–Crippen LogP) is 8.53. The van der Waals surface area contributed by atoms with Gasteiger partial charge in [0.25, 0.3) is 0 Å². The van der Waals surface area contributed by atoms with Gasteiger partial charge in [0.2, 0.25) is 11.8 Å². The van der Waals surface area contributed by atoms with E-state index in [2.05, 4.69) is 66.1 Å². The largest absolute Gasteiger partial charge is 0.460 e. The molecule has 248 valence electrons. The van der Waals surface area contributed by atoms with E-state index in [4.69, 9.17) is 4.74 Å². The van der Waals surface area contributed by atoms with Gasteiger partial charge in [0.05, 0.1) is 5.92 Å². The topological polar surface area (TPSA) is 84.5 Å². The Labute approximate surface area is 276 Å². The molecule has 2 amide bonds. The molecule has 0 aliphatic heterocycles. The molecule has 3 rings (SSSR count). The molecular weight excluding hydrogens is 572 g/mol. The van der Waals surface area contributed by atoms with Gasteiger partial charge in [-0.15, -0.1) is 0 Å². The highest BCUT2D eigenvalue weighted by Crippen LogP contribution is 2.28. The van der Waals surface area contributed by atoms with E-state index in [0.717, 1.165) is 24.8 Å². The lowest BCUT2D eigenvalue weighted by atomic mass is 9.83. The van der Waals surface area contributed by atoms with Crippen molar-refractivity contribution in [1.82, 2.24) is 5.32 Å². The lowest BCUT2D eigenvalue weighted by molar-refractivity contribution is -0.161. The molecule has 0 saturated heterocycles. The SMILES string of the molecule is CCCC[C@@H](C[C@@H](CCc1ccc(Cc2ccccc2)cc1)C(=O)N[C@H](C(=O)Nc1ccccc1)C(C)(C)C)C(=O)OC(C)(C)C. The summed E-state index contributed by atoms with van der Waals surface area (Å²) in [5.41, 5.74) is 3.14. The molecule has 2 N–H and O–H groups in total. The van der Waals surface area contributed by atoms with Crippen LogP contribution in [0.2, 0.25) is 0 Å².